The molecule has 0 spiro atoms. The molecule has 1 aromatic carbocycles. The van der Waals surface area contributed by atoms with Crippen LogP contribution in [0.4, 0.5) is 0 Å². The van der Waals surface area contributed by atoms with Gasteiger partial charge < -0.3 is 5.11 Å². The Hall–Kier alpha value is -1.62. The summed E-state index contributed by atoms with van der Waals surface area (Å²) < 4.78 is 2.68. The van der Waals surface area contributed by atoms with Crippen molar-refractivity contribution < 1.29 is 9.90 Å². The van der Waals surface area contributed by atoms with Crippen molar-refractivity contribution in [2.45, 2.75) is 6.42 Å². The Labute approximate surface area is 107 Å². The molecule has 0 unspecified atom stereocenters. The lowest BCUT2D eigenvalue weighted by atomic mass is 10.1. The molecule has 0 amide bonds. The molecule has 88 valence electrons. The van der Waals surface area contributed by atoms with Gasteiger partial charge in [-0.2, -0.15) is 5.10 Å². The lowest BCUT2D eigenvalue weighted by Crippen LogP contribution is -2.01. The maximum atomic E-state index is 10.6. The van der Waals surface area contributed by atoms with Gasteiger partial charge in [-0.15, -0.1) is 0 Å². The maximum Gasteiger partial charge on any atom is 0.309 e. The first-order chi connectivity index (χ1) is 8.06. The molecule has 0 saturated carbocycles. The summed E-state index contributed by atoms with van der Waals surface area (Å²) in [5, 5.41) is 12.9. The molecule has 0 aliphatic carbocycles. The number of halogens is 1. The topological polar surface area (TPSA) is 55.1 Å². The zero-order chi connectivity index (χ0) is 12.4. The quantitative estimate of drug-likeness (QED) is 0.946. The van der Waals surface area contributed by atoms with E-state index in [9.17, 15) is 4.79 Å². The highest BCUT2D eigenvalue weighted by molar-refractivity contribution is 9.10. The summed E-state index contributed by atoms with van der Waals surface area (Å²) in [6.07, 6.45) is -0.0537. The number of carboxylic acids is 1. The van der Waals surface area contributed by atoms with E-state index in [1.807, 2.05) is 31.3 Å². The van der Waals surface area contributed by atoms with Crippen LogP contribution in [0.25, 0.3) is 11.3 Å². The summed E-state index contributed by atoms with van der Waals surface area (Å²) in [5.41, 5.74) is 2.48. The molecule has 0 radical (unpaired) electrons. The fourth-order valence-electron chi connectivity index (χ4n) is 1.69. The molecule has 0 bridgehead atoms. The molecule has 0 aliphatic rings. The highest BCUT2D eigenvalue weighted by Gasteiger charge is 2.10. The van der Waals surface area contributed by atoms with E-state index in [-0.39, 0.29) is 6.42 Å². The lowest BCUT2D eigenvalue weighted by Gasteiger charge is -2.01. The molecule has 0 atom stereocenters. The number of hydrogen-bond donors (Lipinski definition) is 1. The predicted octanol–water partition coefficient (Wildman–Crippen LogP) is 2.48. The molecule has 0 fully saturated rings. The van der Waals surface area contributed by atoms with Gasteiger partial charge in [-0.3, -0.25) is 9.48 Å². The highest BCUT2D eigenvalue weighted by Crippen LogP contribution is 2.23. The first-order valence-electron chi connectivity index (χ1n) is 5.07. The van der Waals surface area contributed by atoms with Gasteiger partial charge in [-0.25, -0.2) is 0 Å². The Morgan fingerprint density at radius 3 is 2.88 bits per heavy atom. The molecule has 0 aliphatic heterocycles. The van der Waals surface area contributed by atoms with Crippen molar-refractivity contribution in [3.05, 3.63) is 40.5 Å². The molecule has 5 heteroatoms. The summed E-state index contributed by atoms with van der Waals surface area (Å²) in [5.74, 6) is -0.871. The van der Waals surface area contributed by atoms with Gasteiger partial charge in [0.25, 0.3) is 0 Å². The average molecular weight is 295 g/mol. The number of carboxylic acid groups (broad SMARTS) is 1. The second-order valence-corrected chi connectivity index (χ2v) is 4.64. The second-order valence-electron chi connectivity index (χ2n) is 3.73. The number of aliphatic carboxylic acids is 1. The number of hydrogen-bond acceptors (Lipinski definition) is 2. The third-order valence-electron chi connectivity index (χ3n) is 2.38. The van der Waals surface area contributed by atoms with Crippen LogP contribution in [0.1, 0.15) is 5.69 Å². The highest BCUT2D eigenvalue weighted by atomic mass is 79.9. The first kappa shape index (κ1) is 11.9. The molecule has 4 nitrogen and oxygen atoms in total. The van der Waals surface area contributed by atoms with Crippen LogP contribution in [0.3, 0.4) is 0 Å². The minimum Gasteiger partial charge on any atom is -0.481 e. The van der Waals surface area contributed by atoms with Crippen LogP contribution in [0.15, 0.2) is 34.8 Å². The smallest absolute Gasteiger partial charge is 0.309 e. The van der Waals surface area contributed by atoms with E-state index in [4.69, 9.17) is 5.11 Å². The van der Waals surface area contributed by atoms with Crippen molar-refractivity contribution in [1.29, 1.82) is 0 Å². The van der Waals surface area contributed by atoms with Crippen LogP contribution >= 0.6 is 15.9 Å². The molecule has 1 aromatic heterocycles. The molecule has 17 heavy (non-hydrogen) atoms. The summed E-state index contributed by atoms with van der Waals surface area (Å²) in [7, 11) is 1.81. The number of carbonyl (C=O) groups is 1. The SMILES string of the molecule is Cn1nc(CC(=O)O)cc1-c1cccc(Br)c1. The number of aryl methyl sites for hydroxylation is 1. The summed E-state index contributed by atoms with van der Waals surface area (Å²) in [6, 6.07) is 9.62. The van der Waals surface area contributed by atoms with Gasteiger partial charge in [0, 0.05) is 17.1 Å². The Balaban J connectivity index is 2.39. The third-order valence-corrected chi connectivity index (χ3v) is 2.88. The molecule has 0 saturated heterocycles. The van der Waals surface area contributed by atoms with Gasteiger partial charge in [0.1, 0.15) is 0 Å². The molecule has 1 heterocycles. The fraction of sp³-hybridized carbons (Fsp3) is 0.167. The summed E-state index contributed by atoms with van der Waals surface area (Å²) in [6.45, 7) is 0. The normalized spacial score (nSPS) is 10.5. The van der Waals surface area contributed by atoms with Crippen LogP contribution < -0.4 is 0 Å². The monoisotopic (exact) mass is 294 g/mol. The van der Waals surface area contributed by atoms with Gasteiger partial charge in [-0.05, 0) is 18.2 Å². The Morgan fingerprint density at radius 1 is 1.47 bits per heavy atom. The molecule has 1 N–H and O–H groups in total. The van der Waals surface area contributed by atoms with Crippen LogP contribution in [0, 0.1) is 0 Å². The first-order valence-corrected chi connectivity index (χ1v) is 5.86. The van der Waals surface area contributed by atoms with E-state index < -0.39 is 5.97 Å². The van der Waals surface area contributed by atoms with Crippen molar-refractivity contribution in [2.75, 3.05) is 0 Å². The lowest BCUT2D eigenvalue weighted by molar-refractivity contribution is -0.136. The summed E-state index contributed by atoms with van der Waals surface area (Å²) >= 11 is 3.41. The Morgan fingerprint density at radius 2 is 2.24 bits per heavy atom. The van der Waals surface area contributed by atoms with Gasteiger partial charge in [0.05, 0.1) is 17.8 Å². The van der Waals surface area contributed by atoms with Crippen molar-refractivity contribution in [2.24, 2.45) is 7.05 Å². The average Bonchev–Trinajstić information content (AvgIpc) is 2.58. The van der Waals surface area contributed by atoms with E-state index in [0.29, 0.717) is 5.69 Å². The van der Waals surface area contributed by atoms with Gasteiger partial charge in [-0.1, -0.05) is 28.1 Å². The molecular formula is C12H11BrN2O2. The van der Waals surface area contributed by atoms with Crippen LogP contribution in [-0.4, -0.2) is 20.9 Å². The van der Waals surface area contributed by atoms with Gasteiger partial charge in [0.15, 0.2) is 0 Å². The Kier molecular flexibility index (Phi) is 3.28. The maximum absolute atomic E-state index is 10.6. The third kappa shape index (κ3) is 2.74. The summed E-state index contributed by atoms with van der Waals surface area (Å²) in [4.78, 5) is 10.6. The zero-order valence-corrected chi connectivity index (χ0v) is 10.8. The molecule has 2 rings (SSSR count). The standard InChI is InChI=1S/C12H11BrN2O2/c1-15-11(6-10(14-15)7-12(16)17)8-3-2-4-9(13)5-8/h2-6H,7H2,1H3,(H,16,17). The minimum atomic E-state index is -0.871. The second kappa shape index (κ2) is 4.71. The van der Waals surface area contributed by atoms with Crippen LogP contribution in [0.2, 0.25) is 0 Å². The van der Waals surface area contributed by atoms with E-state index in [2.05, 4.69) is 21.0 Å². The largest absolute Gasteiger partial charge is 0.481 e. The van der Waals surface area contributed by atoms with Crippen LogP contribution in [-0.2, 0) is 18.3 Å². The molecular weight excluding hydrogens is 284 g/mol. The van der Waals surface area contributed by atoms with E-state index >= 15 is 0 Å². The predicted molar refractivity (Wildman–Crippen MR) is 67.7 cm³/mol. The zero-order valence-electron chi connectivity index (χ0n) is 9.22. The number of aromatic nitrogens is 2. The van der Waals surface area contributed by atoms with Crippen molar-refractivity contribution in [3.63, 3.8) is 0 Å². The fourth-order valence-corrected chi connectivity index (χ4v) is 2.09. The number of rotatable bonds is 3. The number of nitrogens with zero attached hydrogens (tertiary/aromatic N) is 2. The van der Waals surface area contributed by atoms with Gasteiger partial charge >= 0.3 is 5.97 Å². The van der Waals surface area contributed by atoms with Crippen molar-refractivity contribution in [1.82, 2.24) is 9.78 Å². The van der Waals surface area contributed by atoms with Crippen molar-refractivity contribution >= 4 is 21.9 Å². The Bertz CT molecular complexity index is 563. The molecule has 2 aromatic rings. The van der Waals surface area contributed by atoms with E-state index in [1.165, 1.54) is 0 Å². The van der Waals surface area contributed by atoms with E-state index in [1.54, 1.807) is 10.7 Å². The van der Waals surface area contributed by atoms with Crippen molar-refractivity contribution in [3.8, 4) is 11.3 Å². The van der Waals surface area contributed by atoms with Crippen LogP contribution in [0.5, 0.6) is 0 Å². The number of benzene rings is 1. The van der Waals surface area contributed by atoms with Gasteiger partial charge in [0.2, 0.25) is 0 Å². The van der Waals surface area contributed by atoms with E-state index in [0.717, 1.165) is 15.7 Å². The minimum absolute atomic E-state index is 0.0537.